The number of primary amides is 1. The first-order valence-corrected chi connectivity index (χ1v) is 5.33. The first-order chi connectivity index (χ1) is 7.32. The Bertz CT molecular complexity index is 483. The molecule has 0 aromatic carbocycles. The minimum absolute atomic E-state index is 0.0284. The molecule has 1 heterocycles. The van der Waals surface area contributed by atoms with Crippen LogP contribution in [0.2, 0.25) is 0 Å². The second-order valence-corrected chi connectivity index (χ2v) is 5.28. The van der Waals surface area contributed by atoms with Gasteiger partial charge in [0.2, 0.25) is 0 Å². The Labute approximate surface area is 94.4 Å². The topological polar surface area (TPSA) is 65.1 Å². The van der Waals surface area contributed by atoms with Crippen molar-refractivity contribution >= 4 is 11.7 Å². The van der Waals surface area contributed by atoms with Crippen molar-refractivity contribution in [1.29, 1.82) is 0 Å². The number of hydrogen-bond donors (Lipinski definition) is 1. The summed E-state index contributed by atoms with van der Waals surface area (Å²) in [7, 11) is 1.85. The minimum atomic E-state index is -0.523. The van der Waals surface area contributed by atoms with E-state index in [2.05, 4.69) is 13.8 Å². The third-order valence-electron chi connectivity index (χ3n) is 3.14. The summed E-state index contributed by atoms with van der Waals surface area (Å²) in [6.45, 7) is 4.12. The summed E-state index contributed by atoms with van der Waals surface area (Å²) in [6, 6.07) is 0. The van der Waals surface area contributed by atoms with Crippen LogP contribution >= 0.6 is 0 Å². The van der Waals surface area contributed by atoms with Gasteiger partial charge in [-0.2, -0.15) is 0 Å². The molecule has 1 aliphatic carbocycles. The molecular weight excluding hydrogens is 204 g/mol. The third-order valence-corrected chi connectivity index (χ3v) is 3.14. The predicted molar refractivity (Wildman–Crippen MR) is 60.4 cm³/mol. The molecule has 0 fully saturated rings. The van der Waals surface area contributed by atoms with Crippen molar-refractivity contribution in [3.8, 4) is 0 Å². The molecule has 0 spiro atoms. The normalized spacial score (nSPS) is 18.3. The van der Waals surface area contributed by atoms with E-state index in [0.717, 1.165) is 12.1 Å². The summed E-state index contributed by atoms with van der Waals surface area (Å²) in [6.07, 6.45) is 2.94. The van der Waals surface area contributed by atoms with Gasteiger partial charge < -0.3 is 10.3 Å². The van der Waals surface area contributed by atoms with E-state index in [1.54, 1.807) is 6.20 Å². The molecule has 0 saturated heterocycles. The highest BCUT2D eigenvalue weighted by Gasteiger charge is 2.35. The van der Waals surface area contributed by atoms with Gasteiger partial charge in [-0.15, -0.1) is 0 Å². The lowest BCUT2D eigenvalue weighted by molar-refractivity contribution is 0.0898. The molecule has 1 aliphatic rings. The van der Waals surface area contributed by atoms with E-state index in [1.165, 1.54) is 0 Å². The van der Waals surface area contributed by atoms with Gasteiger partial charge in [-0.3, -0.25) is 9.59 Å². The first kappa shape index (κ1) is 10.9. The van der Waals surface area contributed by atoms with Gasteiger partial charge in [0.1, 0.15) is 0 Å². The van der Waals surface area contributed by atoms with Crippen LogP contribution < -0.4 is 5.73 Å². The zero-order valence-electron chi connectivity index (χ0n) is 9.83. The molecule has 0 aliphatic heterocycles. The highest BCUT2D eigenvalue weighted by molar-refractivity contribution is 6.09. The van der Waals surface area contributed by atoms with Crippen molar-refractivity contribution in [3.05, 3.63) is 23.0 Å². The van der Waals surface area contributed by atoms with Gasteiger partial charge in [-0.1, -0.05) is 13.8 Å². The minimum Gasteiger partial charge on any atom is -0.366 e. The number of Topliss-reactive ketones (excluding diaryl/α,β-unsaturated/α-hetero) is 1. The van der Waals surface area contributed by atoms with Gasteiger partial charge >= 0.3 is 0 Å². The third kappa shape index (κ3) is 1.54. The Morgan fingerprint density at radius 1 is 1.44 bits per heavy atom. The van der Waals surface area contributed by atoms with Crippen LogP contribution in [0.25, 0.3) is 0 Å². The Hall–Kier alpha value is -1.58. The lowest BCUT2D eigenvalue weighted by atomic mass is 9.75. The van der Waals surface area contributed by atoms with E-state index >= 15 is 0 Å². The number of aryl methyl sites for hydroxylation is 1. The average molecular weight is 220 g/mol. The van der Waals surface area contributed by atoms with Crippen molar-refractivity contribution in [2.75, 3.05) is 0 Å². The van der Waals surface area contributed by atoms with Crippen LogP contribution in [0.4, 0.5) is 0 Å². The molecule has 1 aromatic rings. The number of ketones is 1. The van der Waals surface area contributed by atoms with Crippen LogP contribution in [0, 0.1) is 5.41 Å². The fourth-order valence-electron chi connectivity index (χ4n) is 2.42. The van der Waals surface area contributed by atoms with Crippen molar-refractivity contribution in [1.82, 2.24) is 4.57 Å². The molecule has 1 amide bonds. The lowest BCUT2D eigenvalue weighted by Crippen LogP contribution is -2.29. The molecule has 1 aromatic heterocycles. The first-order valence-electron chi connectivity index (χ1n) is 5.33. The van der Waals surface area contributed by atoms with Crippen molar-refractivity contribution < 1.29 is 9.59 Å². The highest BCUT2D eigenvalue weighted by Crippen LogP contribution is 2.36. The summed E-state index contributed by atoms with van der Waals surface area (Å²) in [5.74, 6) is -0.495. The van der Waals surface area contributed by atoms with Gasteiger partial charge in [0.15, 0.2) is 5.78 Å². The maximum absolute atomic E-state index is 12.0. The Balaban J connectivity index is 2.62. The van der Waals surface area contributed by atoms with E-state index in [-0.39, 0.29) is 11.2 Å². The molecule has 16 heavy (non-hydrogen) atoms. The molecule has 2 rings (SSSR count). The van der Waals surface area contributed by atoms with E-state index < -0.39 is 5.91 Å². The maximum Gasteiger partial charge on any atom is 0.250 e. The Morgan fingerprint density at radius 3 is 2.62 bits per heavy atom. The summed E-state index contributed by atoms with van der Waals surface area (Å²) in [5, 5.41) is 0. The quantitative estimate of drug-likeness (QED) is 0.774. The Morgan fingerprint density at radius 2 is 2.06 bits per heavy atom. The molecule has 4 heteroatoms. The maximum atomic E-state index is 12.0. The summed E-state index contributed by atoms with van der Waals surface area (Å²) in [4.78, 5) is 23.3. The monoisotopic (exact) mass is 220 g/mol. The van der Waals surface area contributed by atoms with Crippen LogP contribution in [0.5, 0.6) is 0 Å². The molecule has 0 radical (unpaired) electrons. The second-order valence-electron chi connectivity index (χ2n) is 5.28. The number of rotatable bonds is 1. The molecule has 86 valence electrons. The highest BCUT2D eigenvalue weighted by atomic mass is 16.1. The number of amides is 1. The van der Waals surface area contributed by atoms with Crippen molar-refractivity contribution in [3.63, 3.8) is 0 Å². The lowest BCUT2D eigenvalue weighted by Gasteiger charge is -2.29. The number of carbonyl (C=O) groups excluding carboxylic acids is 2. The van der Waals surface area contributed by atoms with E-state index in [9.17, 15) is 9.59 Å². The Kier molecular flexibility index (Phi) is 2.19. The molecular formula is C12H16N2O2. The van der Waals surface area contributed by atoms with Crippen LogP contribution in [-0.2, 0) is 13.5 Å². The average Bonchev–Trinajstić information content (AvgIpc) is 2.42. The molecule has 0 atom stereocenters. The zero-order valence-corrected chi connectivity index (χ0v) is 9.83. The van der Waals surface area contributed by atoms with E-state index in [1.807, 2.05) is 11.6 Å². The number of hydrogen-bond acceptors (Lipinski definition) is 2. The molecule has 0 saturated carbocycles. The summed E-state index contributed by atoms with van der Waals surface area (Å²) >= 11 is 0. The number of nitrogens with two attached hydrogens (primary N) is 1. The van der Waals surface area contributed by atoms with Crippen molar-refractivity contribution in [2.24, 2.45) is 18.2 Å². The molecule has 0 unspecified atom stereocenters. The van der Waals surface area contributed by atoms with Gasteiger partial charge in [0.25, 0.3) is 5.91 Å². The number of nitrogens with zero attached hydrogens (tertiary/aromatic N) is 1. The van der Waals surface area contributed by atoms with Crippen LogP contribution in [0.1, 0.15) is 46.7 Å². The number of fused-ring (bicyclic) bond motifs is 1. The zero-order chi connectivity index (χ0) is 12.1. The number of carbonyl (C=O) groups is 2. The van der Waals surface area contributed by atoms with Gasteiger partial charge in [0, 0.05) is 25.4 Å². The fraction of sp³-hybridized carbons (Fsp3) is 0.500. The largest absolute Gasteiger partial charge is 0.366 e. The fourth-order valence-corrected chi connectivity index (χ4v) is 2.42. The summed E-state index contributed by atoms with van der Waals surface area (Å²) < 4.78 is 1.84. The van der Waals surface area contributed by atoms with Crippen LogP contribution in [0.3, 0.4) is 0 Å². The van der Waals surface area contributed by atoms with Crippen LogP contribution in [-0.4, -0.2) is 16.3 Å². The van der Waals surface area contributed by atoms with Gasteiger partial charge in [-0.05, 0) is 11.8 Å². The van der Waals surface area contributed by atoms with Crippen molar-refractivity contribution in [2.45, 2.75) is 26.7 Å². The molecule has 2 N–H and O–H groups in total. The summed E-state index contributed by atoms with van der Waals surface area (Å²) in [5.41, 5.74) is 7.06. The van der Waals surface area contributed by atoms with Crippen LogP contribution in [0.15, 0.2) is 6.20 Å². The second kappa shape index (κ2) is 3.20. The smallest absolute Gasteiger partial charge is 0.250 e. The molecule has 4 nitrogen and oxygen atoms in total. The predicted octanol–water partition coefficient (Wildman–Crippen LogP) is 1.28. The SMILES string of the molecule is Cn1cc(C(N)=O)c2c1CC(C)(C)CC2=O. The van der Waals surface area contributed by atoms with Gasteiger partial charge in [-0.25, -0.2) is 0 Å². The number of aromatic nitrogens is 1. The van der Waals surface area contributed by atoms with E-state index in [0.29, 0.717) is 17.5 Å². The standard InChI is InChI=1S/C12H16N2O2/c1-12(2)4-8-10(9(15)5-12)7(11(13)16)6-14(8)3/h6H,4-5H2,1-3H3,(H2,13,16). The molecule has 0 bridgehead atoms. The van der Waals surface area contributed by atoms with E-state index in [4.69, 9.17) is 5.73 Å². The van der Waals surface area contributed by atoms with Gasteiger partial charge in [0.05, 0.1) is 11.1 Å².